The molecule has 1 heterocycles. The van der Waals surface area contributed by atoms with Crippen LogP contribution in [-0.4, -0.2) is 20.0 Å². The molecule has 0 fully saturated rings. The second kappa shape index (κ2) is 7.10. The van der Waals surface area contributed by atoms with Gasteiger partial charge in [-0.2, -0.15) is 4.57 Å². The lowest BCUT2D eigenvalue weighted by atomic mass is 9.90. The fourth-order valence-corrected chi connectivity index (χ4v) is 4.23. The molecule has 0 spiro atoms. The van der Waals surface area contributed by atoms with Crippen LogP contribution in [-0.2, 0) is 10.0 Å². The summed E-state index contributed by atoms with van der Waals surface area (Å²) in [6, 6.07) is 17.8. The molecule has 29 heavy (non-hydrogen) atoms. The Labute approximate surface area is 168 Å². The van der Waals surface area contributed by atoms with Gasteiger partial charge in [-0.15, -0.1) is 0 Å². The van der Waals surface area contributed by atoms with E-state index in [1.165, 1.54) is 22.8 Å². The summed E-state index contributed by atoms with van der Waals surface area (Å²) >= 11 is 0. The molecule has 4 rings (SSSR count). The number of carbonyl (C=O) groups is 2. The molecule has 0 aliphatic heterocycles. The molecule has 0 atom stereocenters. The summed E-state index contributed by atoms with van der Waals surface area (Å²) in [5, 5.41) is 0. The molecular weight excluding hydrogens is 388 g/mol. The van der Waals surface area contributed by atoms with E-state index in [0.717, 1.165) is 5.56 Å². The molecule has 0 bridgehead atoms. The number of rotatable bonds is 4. The zero-order valence-corrected chi connectivity index (χ0v) is 16.3. The van der Waals surface area contributed by atoms with Gasteiger partial charge in [0.05, 0.1) is 4.90 Å². The van der Waals surface area contributed by atoms with Gasteiger partial charge in [-0.05, 0) is 19.1 Å². The van der Waals surface area contributed by atoms with Gasteiger partial charge in [-0.1, -0.05) is 48.0 Å². The van der Waals surface area contributed by atoms with Gasteiger partial charge in [-0.25, -0.2) is 8.42 Å². The Bertz CT molecular complexity index is 1260. The first-order valence-electron chi connectivity index (χ1n) is 8.87. The minimum atomic E-state index is -4.07. The third kappa shape index (κ3) is 3.36. The Hall–Kier alpha value is -3.58. The third-order valence-electron chi connectivity index (χ3n) is 4.64. The SMILES string of the molecule is Cc1ccc(S(=O)(=O)NC2=C([n+]3ccccc3)C(=O)c3ccccc3C2=O)cc1. The van der Waals surface area contributed by atoms with E-state index < -0.39 is 21.6 Å². The molecule has 3 aromatic rings. The van der Waals surface area contributed by atoms with Crippen LogP contribution in [0.5, 0.6) is 0 Å². The van der Waals surface area contributed by atoms with Gasteiger partial charge in [-0.3, -0.25) is 14.3 Å². The van der Waals surface area contributed by atoms with Gasteiger partial charge in [0.15, 0.2) is 18.1 Å². The normalized spacial score (nSPS) is 14.0. The summed E-state index contributed by atoms with van der Waals surface area (Å²) in [6.45, 7) is 1.84. The summed E-state index contributed by atoms with van der Waals surface area (Å²) in [6.07, 6.45) is 3.18. The highest BCUT2D eigenvalue weighted by Crippen LogP contribution is 2.26. The molecule has 6 nitrogen and oxygen atoms in total. The molecule has 0 amide bonds. The first kappa shape index (κ1) is 18.8. The summed E-state index contributed by atoms with van der Waals surface area (Å²) in [5.74, 6) is -0.986. The number of hydrogen-bond donors (Lipinski definition) is 1. The van der Waals surface area contributed by atoms with Crippen molar-refractivity contribution in [2.45, 2.75) is 11.8 Å². The number of nitrogens with one attached hydrogen (secondary N) is 1. The summed E-state index contributed by atoms with van der Waals surface area (Å²) in [7, 11) is -4.07. The Kier molecular flexibility index (Phi) is 4.60. The number of benzene rings is 2. The van der Waals surface area contributed by atoms with Gasteiger partial charge in [0.2, 0.25) is 5.78 Å². The van der Waals surface area contributed by atoms with E-state index in [2.05, 4.69) is 4.72 Å². The van der Waals surface area contributed by atoms with Gasteiger partial charge in [0, 0.05) is 23.3 Å². The molecular formula is C22H17N2O4S+. The van der Waals surface area contributed by atoms with E-state index in [4.69, 9.17) is 0 Å². The van der Waals surface area contributed by atoms with Crippen LogP contribution in [0, 0.1) is 6.92 Å². The van der Waals surface area contributed by atoms with E-state index in [0.29, 0.717) is 0 Å². The zero-order valence-electron chi connectivity index (χ0n) is 15.5. The molecule has 0 radical (unpaired) electrons. The molecule has 2 aromatic carbocycles. The lowest BCUT2D eigenvalue weighted by Gasteiger charge is -2.18. The van der Waals surface area contributed by atoms with E-state index in [1.54, 1.807) is 60.9 Å². The van der Waals surface area contributed by atoms with Gasteiger partial charge in [0.1, 0.15) is 0 Å². The molecule has 1 aliphatic carbocycles. The smallest absolute Gasteiger partial charge is 0.287 e. The maximum atomic E-state index is 13.2. The summed E-state index contributed by atoms with van der Waals surface area (Å²) < 4.78 is 29.7. The standard InChI is InChI=1S/C22H16N2O4S/c1-15-9-11-16(12-10-15)29(27,28)23-19-20(24-13-5-2-6-14-24)22(26)18-8-4-3-7-17(18)21(19)25/h2-14H,1H3/p+1. The minimum Gasteiger partial charge on any atom is -0.287 e. The number of aryl methyl sites for hydroxylation is 1. The van der Waals surface area contributed by atoms with Crippen LogP contribution < -0.4 is 9.29 Å². The second-order valence-electron chi connectivity index (χ2n) is 6.63. The fourth-order valence-electron chi connectivity index (χ4n) is 3.16. The van der Waals surface area contributed by atoms with Crippen molar-refractivity contribution in [1.82, 2.24) is 4.72 Å². The Morgan fingerprint density at radius 3 is 1.97 bits per heavy atom. The van der Waals surface area contributed by atoms with Crippen LogP contribution in [0.4, 0.5) is 0 Å². The molecule has 144 valence electrons. The number of pyridine rings is 1. The van der Waals surface area contributed by atoms with Crippen molar-refractivity contribution in [3.05, 3.63) is 102 Å². The van der Waals surface area contributed by atoms with Crippen molar-refractivity contribution >= 4 is 27.3 Å². The first-order chi connectivity index (χ1) is 13.9. The van der Waals surface area contributed by atoms with Gasteiger partial charge >= 0.3 is 0 Å². The van der Waals surface area contributed by atoms with Crippen molar-refractivity contribution in [3.8, 4) is 0 Å². The number of allylic oxidation sites excluding steroid dienone is 2. The lowest BCUT2D eigenvalue weighted by molar-refractivity contribution is -0.577. The average molecular weight is 405 g/mol. The van der Waals surface area contributed by atoms with Crippen molar-refractivity contribution in [3.63, 3.8) is 0 Å². The van der Waals surface area contributed by atoms with Crippen molar-refractivity contribution in [1.29, 1.82) is 0 Å². The predicted molar refractivity (Wildman–Crippen MR) is 106 cm³/mol. The highest BCUT2D eigenvalue weighted by atomic mass is 32.2. The molecule has 1 N–H and O–H groups in total. The van der Waals surface area contributed by atoms with Crippen LogP contribution >= 0.6 is 0 Å². The number of ketones is 2. The van der Waals surface area contributed by atoms with Gasteiger partial charge < -0.3 is 0 Å². The number of hydrogen-bond acceptors (Lipinski definition) is 4. The summed E-state index contributed by atoms with van der Waals surface area (Å²) in [4.78, 5) is 26.3. The second-order valence-corrected chi connectivity index (χ2v) is 8.31. The molecule has 1 aromatic heterocycles. The van der Waals surface area contributed by atoms with Crippen molar-refractivity contribution < 1.29 is 22.6 Å². The predicted octanol–water partition coefficient (Wildman–Crippen LogP) is 2.51. The fraction of sp³-hybridized carbons (Fsp3) is 0.0455. The topological polar surface area (TPSA) is 84.2 Å². The summed E-state index contributed by atoms with van der Waals surface area (Å²) in [5.41, 5.74) is 0.999. The average Bonchev–Trinajstić information content (AvgIpc) is 2.73. The van der Waals surface area contributed by atoms with Crippen LogP contribution in [0.1, 0.15) is 26.3 Å². The number of aromatic nitrogens is 1. The van der Waals surface area contributed by atoms with Crippen molar-refractivity contribution in [2.75, 3.05) is 0 Å². The maximum absolute atomic E-state index is 13.2. The number of carbonyl (C=O) groups excluding carboxylic acids is 2. The maximum Gasteiger partial charge on any atom is 0.287 e. The highest BCUT2D eigenvalue weighted by Gasteiger charge is 2.40. The number of sulfonamides is 1. The van der Waals surface area contributed by atoms with Crippen LogP contribution in [0.25, 0.3) is 5.70 Å². The van der Waals surface area contributed by atoms with Gasteiger partial charge in [0.25, 0.3) is 21.5 Å². The van der Waals surface area contributed by atoms with Crippen LogP contribution in [0.3, 0.4) is 0 Å². The van der Waals surface area contributed by atoms with E-state index in [-0.39, 0.29) is 27.4 Å². The quantitative estimate of drug-likeness (QED) is 0.676. The monoisotopic (exact) mass is 405 g/mol. The van der Waals surface area contributed by atoms with Crippen LogP contribution in [0.2, 0.25) is 0 Å². The molecule has 7 heteroatoms. The Balaban J connectivity index is 1.90. The van der Waals surface area contributed by atoms with E-state index in [1.807, 2.05) is 6.92 Å². The van der Waals surface area contributed by atoms with E-state index >= 15 is 0 Å². The number of nitrogens with zero attached hydrogens (tertiary/aromatic N) is 1. The van der Waals surface area contributed by atoms with Crippen LogP contribution in [0.15, 0.2) is 89.7 Å². The van der Waals surface area contributed by atoms with Crippen molar-refractivity contribution in [2.24, 2.45) is 0 Å². The first-order valence-corrected chi connectivity index (χ1v) is 10.4. The Morgan fingerprint density at radius 1 is 0.759 bits per heavy atom. The van der Waals surface area contributed by atoms with E-state index in [9.17, 15) is 18.0 Å². The largest absolute Gasteiger partial charge is 0.287 e. The molecule has 0 saturated heterocycles. The molecule has 0 unspecified atom stereocenters. The highest BCUT2D eigenvalue weighted by molar-refractivity contribution is 7.89. The third-order valence-corrected chi connectivity index (χ3v) is 6.00. The molecule has 0 saturated carbocycles. The lowest BCUT2D eigenvalue weighted by Crippen LogP contribution is -2.44. The minimum absolute atomic E-state index is 0.00659. The zero-order chi connectivity index (χ0) is 20.6. The number of Topliss-reactive ketones (excluding diaryl/α,β-unsaturated/α-hetero) is 2. The number of fused-ring (bicyclic) bond motifs is 1. The Morgan fingerprint density at radius 2 is 1.34 bits per heavy atom. The molecule has 1 aliphatic rings.